The maximum absolute atomic E-state index is 12.7. The van der Waals surface area contributed by atoms with Gasteiger partial charge in [-0.1, -0.05) is 11.6 Å². The largest absolute Gasteiger partial charge is 0.484 e. The summed E-state index contributed by atoms with van der Waals surface area (Å²) in [6.45, 7) is 3.66. The standard InChI is InChI=1S/C21H20ClN3O3/c1-13-11-19(14(2)25(13)17-7-3-15(22)4-8-17)21(27)24-16-5-9-18(10-6-16)28-12-20(23)26/h3-11H,12H2,1-2H3,(H2,23,26)(H,24,27). The summed E-state index contributed by atoms with van der Waals surface area (Å²) < 4.78 is 7.21. The molecule has 0 atom stereocenters. The number of anilines is 1. The van der Waals surface area contributed by atoms with Crippen LogP contribution in [0.25, 0.3) is 5.69 Å². The highest BCUT2D eigenvalue weighted by atomic mass is 35.5. The second kappa shape index (κ2) is 8.19. The van der Waals surface area contributed by atoms with Gasteiger partial charge in [-0.2, -0.15) is 0 Å². The highest BCUT2D eigenvalue weighted by molar-refractivity contribution is 6.30. The van der Waals surface area contributed by atoms with Gasteiger partial charge in [0, 0.05) is 27.8 Å². The highest BCUT2D eigenvalue weighted by Gasteiger charge is 2.17. The van der Waals surface area contributed by atoms with Crippen LogP contribution in [-0.2, 0) is 4.79 Å². The summed E-state index contributed by atoms with van der Waals surface area (Å²) >= 11 is 5.97. The van der Waals surface area contributed by atoms with E-state index in [1.165, 1.54) is 0 Å². The third kappa shape index (κ3) is 4.35. The first-order valence-electron chi connectivity index (χ1n) is 8.62. The maximum atomic E-state index is 12.7. The average molecular weight is 398 g/mol. The molecule has 144 valence electrons. The van der Waals surface area contributed by atoms with Crippen LogP contribution < -0.4 is 15.8 Å². The van der Waals surface area contributed by atoms with Crippen LogP contribution in [0.2, 0.25) is 5.02 Å². The number of nitrogens with two attached hydrogens (primary N) is 1. The van der Waals surface area contributed by atoms with Crippen LogP contribution in [-0.4, -0.2) is 23.0 Å². The van der Waals surface area contributed by atoms with E-state index in [-0.39, 0.29) is 12.5 Å². The van der Waals surface area contributed by atoms with Crippen molar-refractivity contribution >= 4 is 29.1 Å². The van der Waals surface area contributed by atoms with E-state index in [1.54, 1.807) is 24.3 Å². The zero-order chi connectivity index (χ0) is 20.3. The summed E-state index contributed by atoms with van der Waals surface area (Å²) in [5, 5.41) is 3.53. The first kappa shape index (κ1) is 19.5. The zero-order valence-electron chi connectivity index (χ0n) is 15.5. The molecule has 0 fully saturated rings. The molecule has 2 amide bonds. The van der Waals surface area contributed by atoms with Crippen molar-refractivity contribution in [2.75, 3.05) is 11.9 Å². The minimum absolute atomic E-state index is 0.192. The fourth-order valence-corrected chi connectivity index (χ4v) is 3.09. The van der Waals surface area contributed by atoms with Crippen molar-refractivity contribution in [3.05, 3.63) is 76.6 Å². The third-order valence-corrected chi connectivity index (χ3v) is 4.51. The lowest BCUT2D eigenvalue weighted by atomic mass is 10.2. The zero-order valence-corrected chi connectivity index (χ0v) is 16.3. The molecule has 0 unspecified atom stereocenters. The van der Waals surface area contributed by atoms with Crippen molar-refractivity contribution in [3.63, 3.8) is 0 Å². The van der Waals surface area contributed by atoms with E-state index < -0.39 is 5.91 Å². The number of nitrogens with one attached hydrogen (secondary N) is 1. The van der Waals surface area contributed by atoms with Crippen LogP contribution in [0.3, 0.4) is 0 Å². The van der Waals surface area contributed by atoms with E-state index in [0.29, 0.717) is 22.0 Å². The van der Waals surface area contributed by atoms with Gasteiger partial charge in [0.1, 0.15) is 5.75 Å². The van der Waals surface area contributed by atoms with Crippen molar-refractivity contribution in [2.45, 2.75) is 13.8 Å². The van der Waals surface area contributed by atoms with E-state index in [9.17, 15) is 9.59 Å². The molecule has 2 aromatic carbocycles. The molecule has 0 radical (unpaired) electrons. The van der Waals surface area contributed by atoms with Gasteiger partial charge in [0.15, 0.2) is 6.61 Å². The normalized spacial score (nSPS) is 10.5. The Morgan fingerprint density at radius 2 is 1.71 bits per heavy atom. The lowest BCUT2D eigenvalue weighted by Gasteiger charge is -2.10. The summed E-state index contributed by atoms with van der Waals surface area (Å²) in [4.78, 5) is 23.5. The van der Waals surface area contributed by atoms with Crippen LogP contribution in [0.1, 0.15) is 21.7 Å². The summed E-state index contributed by atoms with van der Waals surface area (Å²) in [6.07, 6.45) is 0. The molecule has 3 rings (SSSR count). The lowest BCUT2D eigenvalue weighted by Crippen LogP contribution is -2.20. The average Bonchev–Trinajstić information content (AvgIpc) is 2.96. The van der Waals surface area contributed by atoms with E-state index in [2.05, 4.69) is 5.32 Å². The van der Waals surface area contributed by atoms with Gasteiger partial charge >= 0.3 is 0 Å². The number of aryl methyl sites for hydroxylation is 1. The Labute approximate surface area is 167 Å². The number of carbonyl (C=O) groups excluding carboxylic acids is 2. The van der Waals surface area contributed by atoms with Gasteiger partial charge in [0.25, 0.3) is 11.8 Å². The Morgan fingerprint density at radius 3 is 2.32 bits per heavy atom. The van der Waals surface area contributed by atoms with Crippen LogP contribution in [0.4, 0.5) is 5.69 Å². The minimum atomic E-state index is -0.548. The number of halogens is 1. The topological polar surface area (TPSA) is 86.3 Å². The summed E-state index contributed by atoms with van der Waals surface area (Å²) in [6, 6.07) is 16.0. The molecule has 0 aliphatic carbocycles. The lowest BCUT2D eigenvalue weighted by molar-refractivity contribution is -0.119. The Bertz CT molecular complexity index is 1010. The quantitative estimate of drug-likeness (QED) is 0.662. The van der Waals surface area contributed by atoms with Gasteiger partial charge < -0.3 is 20.4 Å². The van der Waals surface area contributed by atoms with Crippen LogP contribution >= 0.6 is 11.6 Å². The number of carbonyl (C=O) groups is 2. The molecule has 1 aromatic heterocycles. The molecule has 0 saturated carbocycles. The molecule has 0 aliphatic heterocycles. The molecule has 28 heavy (non-hydrogen) atoms. The molecule has 3 N–H and O–H groups in total. The predicted octanol–water partition coefficient (Wildman–Crippen LogP) is 3.86. The van der Waals surface area contributed by atoms with Gasteiger partial charge in [-0.25, -0.2) is 0 Å². The number of hydrogen-bond donors (Lipinski definition) is 2. The van der Waals surface area contributed by atoms with Crippen molar-refractivity contribution < 1.29 is 14.3 Å². The SMILES string of the molecule is Cc1cc(C(=O)Nc2ccc(OCC(N)=O)cc2)c(C)n1-c1ccc(Cl)cc1. The number of hydrogen-bond acceptors (Lipinski definition) is 3. The van der Waals surface area contributed by atoms with Crippen molar-refractivity contribution in [1.29, 1.82) is 0 Å². The Morgan fingerprint density at radius 1 is 1.07 bits per heavy atom. The molecule has 1 heterocycles. The molecule has 0 bridgehead atoms. The smallest absolute Gasteiger partial charge is 0.257 e. The van der Waals surface area contributed by atoms with Crippen LogP contribution in [0.5, 0.6) is 5.75 Å². The van der Waals surface area contributed by atoms with Crippen molar-refractivity contribution in [3.8, 4) is 11.4 Å². The number of primary amides is 1. The van der Waals surface area contributed by atoms with Crippen molar-refractivity contribution in [1.82, 2.24) is 4.57 Å². The monoisotopic (exact) mass is 397 g/mol. The summed E-state index contributed by atoms with van der Waals surface area (Å²) in [7, 11) is 0. The maximum Gasteiger partial charge on any atom is 0.257 e. The number of benzene rings is 2. The number of rotatable bonds is 6. The van der Waals surface area contributed by atoms with E-state index in [1.807, 2.05) is 48.7 Å². The van der Waals surface area contributed by atoms with E-state index >= 15 is 0 Å². The Hall–Kier alpha value is -3.25. The summed E-state index contributed by atoms with van der Waals surface area (Å²) in [5.74, 6) is -0.259. The fourth-order valence-electron chi connectivity index (χ4n) is 2.97. The van der Waals surface area contributed by atoms with E-state index in [4.69, 9.17) is 22.1 Å². The highest BCUT2D eigenvalue weighted by Crippen LogP contribution is 2.23. The fraction of sp³-hybridized carbons (Fsp3) is 0.143. The van der Waals surface area contributed by atoms with Crippen LogP contribution in [0, 0.1) is 13.8 Å². The molecule has 3 aromatic rings. The third-order valence-electron chi connectivity index (χ3n) is 4.25. The molecule has 7 heteroatoms. The van der Waals surface area contributed by atoms with Gasteiger partial charge in [0.2, 0.25) is 0 Å². The molecule has 0 aliphatic rings. The number of aromatic nitrogens is 1. The number of amides is 2. The molecular formula is C21H20ClN3O3. The first-order chi connectivity index (χ1) is 13.3. The van der Waals surface area contributed by atoms with Gasteiger partial charge in [-0.15, -0.1) is 0 Å². The molecule has 0 saturated heterocycles. The second-order valence-electron chi connectivity index (χ2n) is 6.33. The molecular weight excluding hydrogens is 378 g/mol. The van der Waals surface area contributed by atoms with Crippen molar-refractivity contribution in [2.24, 2.45) is 5.73 Å². The predicted molar refractivity (Wildman–Crippen MR) is 109 cm³/mol. The minimum Gasteiger partial charge on any atom is -0.484 e. The number of nitrogens with zero attached hydrogens (tertiary/aromatic N) is 1. The molecule has 6 nitrogen and oxygen atoms in total. The first-order valence-corrected chi connectivity index (χ1v) is 9.00. The Balaban J connectivity index is 1.77. The molecule has 0 spiro atoms. The number of ether oxygens (including phenoxy) is 1. The Kier molecular flexibility index (Phi) is 5.70. The van der Waals surface area contributed by atoms with Gasteiger partial charge in [-0.3, -0.25) is 9.59 Å². The van der Waals surface area contributed by atoms with Crippen LogP contribution in [0.15, 0.2) is 54.6 Å². The van der Waals surface area contributed by atoms with Gasteiger partial charge in [0.05, 0.1) is 5.56 Å². The van der Waals surface area contributed by atoms with Gasteiger partial charge in [-0.05, 0) is 68.4 Å². The summed E-state index contributed by atoms with van der Waals surface area (Å²) in [5.41, 5.74) is 8.97. The second-order valence-corrected chi connectivity index (χ2v) is 6.77. The van der Waals surface area contributed by atoms with E-state index in [0.717, 1.165) is 17.1 Å².